The lowest BCUT2D eigenvalue weighted by molar-refractivity contribution is -0.384. The second-order valence-electron chi connectivity index (χ2n) is 4.46. The Balaban J connectivity index is 1.93. The number of hydrogen-bond acceptors (Lipinski definition) is 6. The smallest absolute Gasteiger partial charge is 0.425 e. The highest BCUT2D eigenvalue weighted by Crippen LogP contribution is 2.24. The average Bonchev–Trinajstić information content (AvgIpc) is 2.76. The van der Waals surface area contributed by atoms with Gasteiger partial charge in [-0.15, -0.1) is 0 Å². The zero-order valence-corrected chi connectivity index (χ0v) is 10.3. The molecule has 0 aromatic heterocycles. The van der Waals surface area contributed by atoms with E-state index in [4.69, 9.17) is 14.2 Å². The fourth-order valence-electron chi connectivity index (χ4n) is 1.68. The van der Waals surface area contributed by atoms with Crippen molar-refractivity contribution < 1.29 is 23.9 Å². The van der Waals surface area contributed by atoms with E-state index < -0.39 is 16.7 Å². The largest absolute Gasteiger partial charge is 0.514 e. The van der Waals surface area contributed by atoms with Gasteiger partial charge in [0, 0.05) is 18.6 Å². The molecule has 0 N–H and O–H groups in total. The highest BCUT2D eigenvalue weighted by molar-refractivity contribution is 5.64. The summed E-state index contributed by atoms with van der Waals surface area (Å²) < 4.78 is 15.2. The number of nitro groups is 1. The molecular weight excluding hydrogens is 254 g/mol. The topological polar surface area (TPSA) is 87.9 Å². The fraction of sp³-hybridized carbons (Fsp3) is 0.417. The van der Waals surface area contributed by atoms with E-state index in [2.05, 4.69) is 0 Å². The van der Waals surface area contributed by atoms with Gasteiger partial charge >= 0.3 is 6.16 Å². The molecule has 102 valence electrons. The van der Waals surface area contributed by atoms with E-state index in [9.17, 15) is 14.9 Å². The summed E-state index contributed by atoms with van der Waals surface area (Å²) >= 11 is 0. The Morgan fingerprint density at radius 1 is 1.42 bits per heavy atom. The van der Waals surface area contributed by atoms with Gasteiger partial charge in [0.25, 0.3) is 5.69 Å². The second-order valence-corrected chi connectivity index (χ2v) is 4.46. The molecular formula is C12H13NO6. The molecule has 2 rings (SSSR count). The number of nitro benzene ring substituents is 1. The molecule has 0 bridgehead atoms. The number of nitrogens with zero attached hydrogens (tertiary/aromatic N) is 1. The van der Waals surface area contributed by atoms with Gasteiger partial charge < -0.3 is 14.2 Å². The van der Waals surface area contributed by atoms with Crippen LogP contribution in [0.2, 0.25) is 0 Å². The Bertz CT molecular complexity index is 477. The predicted octanol–water partition coefficient (Wildman–Crippen LogP) is 2.29. The van der Waals surface area contributed by atoms with E-state index in [0.717, 1.165) is 0 Å². The summed E-state index contributed by atoms with van der Waals surface area (Å²) in [5.41, 5.74) is -0.741. The van der Waals surface area contributed by atoms with Crippen LogP contribution in [-0.2, 0) is 9.47 Å². The Hall–Kier alpha value is -2.15. The van der Waals surface area contributed by atoms with Crippen molar-refractivity contribution in [1.29, 1.82) is 0 Å². The molecule has 0 aliphatic carbocycles. The minimum atomic E-state index is -0.846. The number of hydrogen-bond donors (Lipinski definition) is 0. The van der Waals surface area contributed by atoms with Crippen molar-refractivity contribution in [3.8, 4) is 5.75 Å². The fourth-order valence-corrected chi connectivity index (χ4v) is 1.68. The Labute approximate surface area is 109 Å². The van der Waals surface area contributed by atoms with Crippen LogP contribution >= 0.6 is 0 Å². The lowest BCUT2D eigenvalue weighted by atomic mass is 10.1. The van der Waals surface area contributed by atoms with Gasteiger partial charge in [-0.25, -0.2) is 4.79 Å². The Morgan fingerprint density at radius 2 is 2.11 bits per heavy atom. The van der Waals surface area contributed by atoms with Crippen LogP contribution in [0.1, 0.15) is 13.3 Å². The first-order valence-electron chi connectivity index (χ1n) is 5.72. The molecule has 1 aliphatic heterocycles. The van der Waals surface area contributed by atoms with Gasteiger partial charge in [0.15, 0.2) is 0 Å². The van der Waals surface area contributed by atoms with Crippen LogP contribution in [0.15, 0.2) is 24.3 Å². The second kappa shape index (κ2) is 5.23. The number of carbonyl (C=O) groups excluding carboxylic acids is 1. The summed E-state index contributed by atoms with van der Waals surface area (Å²) in [6.07, 6.45) is -0.232. The molecule has 0 radical (unpaired) electrons. The van der Waals surface area contributed by atoms with Gasteiger partial charge in [0.1, 0.15) is 11.4 Å². The SMILES string of the molecule is CC1(OC(=O)Oc2ccc([N+](=O)[O-])cc2)CCOC1. The number of carbonyl (C=O) groups is 1. The molecule has 1 saturated heterocycles. The molecule has 7 nitrogen and oxygen atoms in total. The van der Waals surface area contributed by atoms with E-state index in [1.165, 1.54) is 24.3 Å². The monoisotopic (exact) mass is 267 g/mol. The zero-order chi connectivity index (χ0) is 13.9. The zero-order valence-electron chi connectivity index (χ0n) is 10.3. The maximum atomic E-state index is 11.6. The molecule has 19 heavy (non-hydrogen) atoms. The Kier molecular flexibility index (Phi) is 3.66. The van der Waals surface area contributed by atoms with Crippen LogP contribution in [0.3, 0.4) is 0 Å². The molecule has 1 aliphatic rings. The first-order chi connectivity index (χ1) is 8.98. The molecule has 7 heteroatoms. The first kappa shape index (κ1) is 13.3. The first-order valence-corrected chi connectivity index (χ1v) is 5.72. The summed E-state index contributed by atoms with van der Waals surface area (Å²) in [6.45, 7) is 2.64. The molecule has 0 spiro atoms. The molecule has 0 amide bonds. The van der Waals surface area contributed by atoms with Crippen LogP contribution < -0.4 is 4.74 Å². The number of non-ortho nitro benzene ring substituents is 1. The predicted molar refractivity (Wildman–Crippen MR) is 64.0 cm³/mol. The maximum absolute atomic E-state index is 11.6. The van der Waals surface area contributed by atoms with Crippen molar-refractivity contribution >= 4 is 11.8 Å². The van der Waals surface area contributed by atoms with E-state index in [1.54, 1.807) is 6.92 Å². The number of benzene rings is 1. The van der Waals surface area contributed by atoms with Crippen molar-refractivity contribution in [3.63, 3.8) is 0 Å². The summed E-state index contributed by atoms with van der Waals surface area (Å²) in [4.78, 5) is 21.5. The van der Waals surface area contributed by atoms with Crippen molar-refractivity contribution in [1.82, 2.24) is 0 Å². The van der Waals surface area contributed by atoms with Gasteiger partial charge in [-0.3, -0.25) is 10.1 Å². The van der Waals surface area contributed by atoms with Gasteiger partial charge in [-0.05, 0) is 19.1 Å². The summed E-state index contributed by atoms with van der Waals surface area (Å²) in [5.74, 6) is 0.193. The quantitative estimate of drug-likeness (QED) is 0.361. The van der Waals surface area contributed by atoms with Crippen LogP contribution in [0.4, 0.5) is 10.5 Å². The highest BCUT2D eigenvalue weighted by Gasteiger charge is 2.34. The van der Waals surface area contributed by atoms with Crippen molar-refractivity contribution in [2.75, 3.05) is 13.2 Å². The van der Waals surface area contributed by atoms with Gasteiger partial charge in [-0.1, -0.05) is 0 Å². The summed E-state index contributed by atoms with van der Waals surface area (Å²) in [6, 6.07) is 5.19. The summed E-state index contributed by atoms with van der Waals surface area (Å²) in [7, 11) is 0. The van der Waals surface area contributed by atoms with E-state index in [1.807, 2.05) is 0 Å². The lowest BCUT2D eigenvalue weighted by Gasteiger charge is -2.21. The standard InChI is InChI=1S/C12H13NO6/c1-12(6-7-17-8-12)19-11(14)18-10-4-2-9(3-5-10)13(15)16/h2-5H,6-8H2,1H3. The van der Waals surface area contributed by atoms with Crippen LogP contribution in [0.5, 0.6) is 5.75 Å². The van der Waals surface area contributed by atoms with Gasteiger partial charge in [0.2, 0.25) is 0 Å². The molecule has 1 aromatic rings. The van der Waals surface area contributed by atoms with E-state index in [-0.39, 0.29) is 11.4 Å². The molecule has 1 atom stereocenters. The number of rotatable bonds is 3. The van der Waals surface area contributed by atoms with Crippen molar-refractivity contribution in [3.05, 3.63) is 34.4 Å². The van der Waals surface area contributed by atoms with Crippen molar-refractivity contribution in [2.45, 2.75) is 18.9 Å². The normalized spacial score (nSPS) is 21.9. The minimum absolute atomic E-state index is 0.0723. The Morgan fingerprint density at radius 3 is 2.63 bits per heavy atom. The van der Waals surface area contributed by atoms with E-state index >= 15 is 0 Å². The van der Waals surface area contributed by atoms with Crippen LogP contribution in [0, 0.1) is 10.1 Å². The van der Waals surface area contributed by atoms with Gasteiger partial charge in [0.05, 0.1) is 18.1 Å². The maximum Gasteiger partial charge on any atom is 0.514 e. The third-order valence-electron chi connectivity index (χ3n) is 2.76. The van der Waals surface area contributed by atoms with Crippen LogP contribution in [0.25, 0.3) is 0 Å². The van der Waals surface area contributed by atoms with E-state index in [0.29, 0.717) is 19.6 Å². The average molecular weight is 267 g/mol. The number of ether oxygens (including phenoxy) is 3. The third kappa shape index (κ3) is 3.41. The van der Waals surface area contributed by atoms with Crippen molar-refractivity contribution in [2.24, 2.45) is 0 Å². The molecule has 1 heterocycles. The molecule has 0 saturated carbocycles. The molecule has 1 aromatic carbocycles. The van der Waals surface area contributed by atoms with Crippen LogP contribution in [-0.4, -0.2) is 29.9 Å². The lowest BCUT2D eigenvalue weighted by Crippen LogP contribution is -2.33. The third-order valence-corrected chi connectivity index (χ3v) is 2.76. The molecule has 1 fully saturated rings. The molecule has 1 unspecified atom stereocenters. The highest BCUT2D eigenvalue weighted by atomic mass is 16.7. The van der Waals surface area contributed by atoms with Gasteiger partial charge in [-0.2, -0.15) is 0 Å². The summed E-state index contributed by atoms with van der Waals surface area (Å²) in [5, 5.41) is 10.5. The minimum Gasteiger partial charge on any atom is -0.425 e.